The number of aromatic nitrogens is 1. The van der Waals surface area contributed by atoms with Crippen molar-refractivity contribution in [3.05, 3.63) is 92.4 Å². The van der Waals surface area contributed by atoms with Gasteiger partial charge in [-0.25, -0.2) is 13.6 Å². The first-order valence-corrected chi connectivity index (χ1v) is 10.9. The van der Waals surface area contributed by atoms with Crippen molar-refractivity contribution < 1.29 is 13.2 Å². The van der Waals surface area contributed by atoms with Gasteiger partial charge in [0.1, 0.15) is 0 Å². The Morgan fingerprint density at radius 1 is 1.13 bits per heavy atom. The van der Waals surface area contributed by atoms with Crippen LogP contribution in [0, 0.1) is 13.8 Å². The second kappa shape index (κ2) is 8.43. The van der Waals surface area contributed by atoms with E-state index in [0.717, 1.165) is 5.56 Å². The first-order valence-electron chi connectivity index (χ1n) is 8.95. The molecule has 0 aliphatic rings. The average molecular weight is 446 g/mol. The second-order valence-electron chi connectivity index (χ2n) is 6.89. The van der Waals surface area contributed by atoms with Gasteiger partial charge in [-0.3, -0.25) is 9.59 Å². The quantitative estimate of drug-likeness (QED) is 0.628. The number of hydrogen-bond acceptors (Lipinski definition) is 4. The molecule has 0 bridgehead atoms. The van der Waals surface area contributed by atoms with E-state index < -0.39 is 15.9 Å². The van der Waals surface area contributed by atoms with Gasteiger partial charge in [0.05, 0.1) is 17.0 Å². The van der Waals surface area contributed by atoms with E-state index in [1.165, 1.54) is 35.0 Å². The molecule has 1 aromatic heterocycles. The minimum atomic E-state index is -3.93. The van der Waals surface area contributed by atoms with Crippen LogP contribution in [0.4, 0.5) is 5.69 Å². The van der Waals surface area contributed by atoms with Crippen LogP contribution in [0.2, 0.25) is 5.02 Å². The molecule has 3 N–H and O–H groups in total. The lowest BCUT2D eigenvalue weighted by Gasteiger charge is -2.14. The van der Waals surface area contributed by atoms with E-state index in [4.69, 9.17) is 16.7 Å². The number of carbonyl (C=O) groups excluding carboxylic acids is 1. The van der Waals surface area contributed by atoms with Gasteiger partial charge in [0, 0.05) is 23.0 Å². The summed E-state index contributed by atoms with van der Waals surface area (Å²) >= 11 is 6.17. The molecule has 3 rings (SSSR count). The SMILES string of the molecule is Cc1cc(S(N)(=O)=O)cc(NC(=O)c2ccc(=O)n(Cc3ccccc3Cl)c2)c1C. The maximum absolute atomic E-state index is 12.8. The summed E-state index contributed by atoms with van der Waals surface area (Å²) in [6.07, 6.45) is 1.44. The molecule has 0 atom stereocenters. The molecular weight excluding hydrogens is 426 g/mol. The topological polar surface area (TPSA) is 111 Å². The molecule has 7 nitrogen and oxygen atoms in total. The van der Waals surface area contributed by atoms with Crippen LogP contribution in [-0.2, 0) is 16.6 Å². The highest BCUT2D eigenvalue weighted by Gasteiger charge is 2.16. The van der Waals surface area contributed by atoms with Crippen molar-refractivity contribution in [2.75, 3.05) is 5.32 Å². The van der Waals surface area contributed by atoms with E-state index in [0.29, 0.717) is 21.8 Å². The Balaban J connectivity index is 1.93. The number of nitrogens with zero attached hydrogens (tertiary/aromatic N) is 1. The predicted octanol–water partition coefficient (Wildman–Crippen LogP) is 3.07. The zero-order valence-electron chi connectivity index (χ0n) is 16.3. The third-order valence-electron chi connectivity index (χ3n) is 4.76. The van der Waals surface area contributed by atoms with Crippen molar-refractivity contribution in [3.8, 4) is 0 Å². The van der Waals surface area contributed by atoms with E-state index in [-0.39, 0.29) is 22.6 Å². The Hall–Kier alpha value is -2.94. The van der Waals surface area contributed by atoms with Gasteiger partial charge >= 0.3 is 0 Å². The first-order chi connectivity index (χ1) is 14.1. The fourth-order valence-electron chi connectivity index (χ4n) is 2.91. The fraction of sp³-hybridized carbons (Fsp3) is 0.143. The van der Waals surface area contributed by atoms with Crippen molar-refractivity contribution in [2.24, 2.45) is 5.14 Å². The maximum atomic E-state index is 12.8. The number of benzene rings is 2. The molecular formula is C21H20ClN3O4S. The number of halogens is 1. The summed E-state index contributed by atoms with van der Waals surface area (Å²) in [6, 6.07) is 12.6. The molecule has 2 aromatic carbocycles. The molecule has 30 heavy (non-hydrogen) atoms. The Morgan fingerprint density at radius 3 is 2.50 bits per heavy atom. The highest BCUT2D eigenvalue weighted by atomic mass is 35.5. The smallest absolute Gasteiger partial charge is 0.257 e. The lowest BCUT2D eigenvalue weighted by Crippen LogP contribution is -2.23. The summed E-state index contributed by atoms with van der Waals surface area (Å²) in [4.78, 5) is 24.9. The van der Waals surface area contributed by atoms with Crippen molar-refractivity contribution in [1.82, 2.24) is 4.57 Å². The van der Waals surface area contributed by atoms with Gasteiger partial charge in [0.2, 0.25) is 10.0 Å². The van der Waals surface area contributed by atoms with Crippen molar-refractivity contribution >= 4 is 33.2 Å². The predicted molar refractivity (Wildman–Crippen MR) is 116 cm³/mol. The number of pyridine rings is 1. The van der Waals surface area contributed by atoms with Crippen LogP contribution in [0.15, 0.2) is 64.4 Å². The summed E-state index contributed by atoms with van der Waals surface area (Å²) in [5, 5.41) is 8.44. The standard InChI is InChI=1S/C21H20ClN3O4S/c1-13-9-17(30(23,28)29)10-19(14(13)2)24-21(27)16-7-8-20(26)25(12-16)11-15-5-3-4-6-18(15)22/h3-10,12H,11H2,1-2H3,(H,24,27)(H2,23,28,29). The summed E-state index contributed by atoms with van der Waals surface area (Å²) in [7, 11) is -3.93. The zero-order chi connectivity index (χ0) is 22.1. The zero-order valence-corrected chi connectivity index (χ0v) is 17.9. The van der Waals surface area contributed by atoms with E-state index in [1.54, 1.807) is 32.0 Å². The molecule has 0 radical (unpaired) electrons. The molecule has 156 valence electrons. The van der Waals surface area contributed by atoms with Crippen LogP contribution in [0.3, 0.4) is 0 Å². The van der Waals surface area contributed by atoms with Crippen molar-refractivity contribution in [2.45, 2.75) is 25.3 Å². The molecule has 1 amide bonds. The van der Waals surface area contributed by atoms with Gasteiger partial charge in [-0.05, 0) is 54.8 Å². The number of rotatable bonds is 5. The van der Waals surface area contributed by atoms with E-state index in [1.807, 2.05) is 6.07 Å². The summed E-state index contributed by atoms with van der Waals surface area (Å²) in [6.45, 7) is 3.69. The van der Waals surface area contributed by atoms with Gasteiger partial charge in [-0.2, -0.15) is 0 Å². The van der Waals surface area contributed by atoms with E-state index in [9.17, 15) is 18.0 Å². The molecule has 0 spiro atoms. The van der Waals surface area contributed by atoms with Crippen LogP contribution in [0.1, 0.15) is 27.0 Å². The van der Waals surface area contributed by atoms with Gasteiger partial charge in [-0.1, -0.05) is 29.8 Å². The van der Waals surface area contributed by atoms with E-state index >= 15 is 0 Å². The summed E-state index contributed by atoms with van der Waals surface area (Å²) < 4.78 is 24.8. The molecule has 0 aliphatic carbocycles. The van der Waals surface area contributed by atoms with Crippen molar-refractivity contribution in [1.29, 1.82) is 0 Å². The molecule has 0 saturated heterocycles. The van der Waals surface area contributed by atoms with Crippen molar-refractivity contribution in [3.63, 3.8) is 0 Å². The number of nitrogens with one attached hydrogen (secondary N) is 1. The number of hydrogen-bond donors (Lipinski definition) is 2. The number of nitrogens with two attached hydrogens (primary N) is 1. The molecule has 0 aliphatic heterocycles. The number of aryl methyl sites for hydroxylation is 1. The highest BCUT2D eigenvalue weighted by Crippen LogP contribution is 2.24. The van der Waals surface area contributed by atoms with Crippen LogP contribution >= 0.6 is 11.6 Å². The molecule has 9 heteroatoms. The Kier molecular flexibility index (Phi) is 6.12. The Morgan fingerprint density at radius 2 is 1.83 bits per heavy atom. The average Bonchev–Trinajstić information content (AvgIpc) is 2.67. The lowest BCUT2D eigenvalue weighted by atomic mass is 10.1. The molecule has 0 saturated carbocycles. The van der Waals surface area contributed by atoms with Crippen LogP contribution in [0.5, 0.6) is 0 Å². The maximum Gasteiger partial charge on any atom is 0.257 e. The number of primary sulfonamides is 1. The van der Waals surface area contributed by atoms with Gasteiger partial charge in [0.25, 0.3) is 11.5 Å². The lowest BCUT2D eigenvalue weighted by molar-refractivity contribution is 0.102. The monoisotopic (exact) mass is 445 g/mol. The van der Waals surface area contributed by atoms with Gasteiger partial charge in [-0.15, -0.1) is 0 Å². The normalized spacial score (nSPS) is 11.3. The van der Waals surface area contributed by atoms with Gasteiger partial charge < -0.3 is 9.88 Å². The first kappa shape index (κ1) is 21.8. The number of sulfonamides is 1. The molecule has 1 heterocycles. The summed E-state index contributed by atoms with van der Waals surface area (Å²) in [5.74, 6) is -0.489. The highest BCUT2D eigenvalue weighted by molar-refractivity contribution is 7.89. The van der Waals surface area contributed by atoms with Crippen LogP contribution in [-0.4, -0.2) is 18.9 Å². The molecule has 3 aromatic rings. The number of carbonyl (C=O) groups is 1. The van der Waals surface area contributed by atoms with E-state index in [2.05, 4.69) is 5.32 Å². The number of amides is 1. The Labute approximate surface area is 179 Å². The number of anilines is 1. The van der Waals surface area contributed by atoms with Crippen LogP contribution < -0.4 is 16.0 Å². The Bertz CT molecular complexity index is 1300. The second-order valence-corrected chi connectivity index (χ2v) is 8.86. The third-order valence-corrected chi connectivity index (χ3v) is 6.02. The molecule has 0 fully saturated rings. The largest absolute Gasteiger partial charge is 0.322 e. The third kappa shape index (κ3) is 4.79. The van der Waals surface area contributed by atoms with Crippen LogP contribution in [0.25, 0.3) is 0 Å². The molecule has 0 unspecified atom stereocenters. The fourth-order valence-corrected chi connectivity index (χ4v) is 3.73. The van der Waals surface area contributed by atoms with Gasteiger partial charge in [0.15, 0.2) is 0 Å². The minimum Gasteiger partial charge on any atom is -0.322 e. The minimum absolute atomic E-state index is 0.0930. The summed E-state index contributed by atoms with van der Waals surface area (Å²) in [5.41, 5.74) is 2.40.